The zero-order chi connectivity index (χ0) is 21.6. The fourth-order valence-electron chi connectivity index (χ4n) is 3.59. The summed E-state index contributed by atoms with van der Waals surface area (Å²) in [7, 11) is 3.34. The van der Waals surface area contributed by atoms with Crippen molar-refractivity contribution >= 4 is 0 Å². The van der Waals surface area contributed by atoms with Crippen molar-refractivity contribution in [3.63, 3.8) is 0 Å². The molecule has 0 amide bonds. The predicted molar refractivity (Wildman–Crippen MR) is 125 cm³/mol. The van der Waals surface area contributed by atoms with Crippen molar-refractivity contribution in [1.29, 1.82) is 0 Å². The van der Waals surface area contributed by atoms with E-state index in [1.54, 1.807) is 14.2 Å². The van der Waals surface area contributed by atoms with Crippen LogP contribution >= 0.6 is 0 Å². The molecule has 0 aromatic heterocycles. The molecule has 0 aliphatic rings. The molecule has 0 saturated carbocycles. The van der Waals surface area contributed by atoms with Crippen LogP contribution in [0.4, 0.5) is 0 Å². The Morgan fingerprint density at radius 3 is 1.87 bits per heavy atom. The third-order valence-corrected chi connectivity index (χ3v) is 5.29. The van der Waals surface area contributed by atoms with Crippen molar-refractivity contribution in [2.75, 3.05) is 14.2 Å². The largest absolute Gasteiger partial charge is 0.497 e. The van der Waals surface area contributed by atoms with Crippen LogP contribution < -0.4 is 14.2 Å². The van der Waals surface area contributed by atoms with Crippen LogP contribution in [0.25, 0.3) is 22.3 Å². The van der Waals surface area contributed by atoms with Gasteiger partial charge < -0.3 is 14.2 Å². The second-order valence-electron chi connectivity index (χ2n) is 7.26. The molecule has 0 aliphatic carbocycles. The Bertz CT molecular complexity index is 1130. The van der Waals surface area contributed by atoms with E-state index in [-0.39, 0.29) is 0 Å². The molecule has 4 rings (SSSR count). The highest BCUT2D eigenvalue weighted by Gasteiger charge is 2.17. The number of ether oxygens (including phenoxy) is 3. The summed E-state index contributed by atoms with van der Waals surface area (Å²) < 4.78 is 17.1. The first kappa shape index (κ1) is 20.5. The van der Waals surface area contributed by atoms with Gasteiger partial charge in [0.2, 0.25) is 0 Å². The van der Waals surface area contributed by atoms with Gasteiger partial charge in [0, 0.05) is 11.1 Å². The Balaban J connectivity index is 1.83. The van der Waals surface area contributed by atoms with Crippen molar-refractivity contribution < 1.29 is 14.2 Å². The molecule has 0 N–H and O–H groups in total. The zero-order valence-electron chi connectivity index (χ0n) is 18.0. The van der Waals surface area contributed by atoms with E-state index in [4.69, 9.17) is 14.2 Å². The van der Waals surface area contributed by atoms with Crippen molar-refractivity contribution in [2.24, 2.45) is 0 Å². The van der Waals surface area contributed by atoms with Gasteiger partial charge in [0.1, 0.15) is 23.9 Å². The van der Waals surface area contributed by atoms with Crippen molar-refractivity contribution in [3.8, 4) is 39.5 Å². The summed E-state index contributed by atoms with van der Waals surface area (Å²) >= 11 is 0. The van der Waals surface area contributed by atoms with Crippen molar-refractivity contribution in [1.82, 2.24) is 0 Å². The Morgan fingerprint density at radius 1 is 0.710 bits per heavy atom. The number of aryl methyl sites for hydroxylation is 1. The highest BCUT2D eigenvalue weighted by atomic mass is 16.5. The number of rotatable bonds is 7. The van der Waals surface area contributed by atoms with Crippen LogP contribution in [-0.2, 0) is 6.61 Å². The Morgan fingerprint density at radius 2 is 1.29 bits per heavy atom. The lowest BCUT2D eigenvalue weighted by molar-refractivity contribution is 0.308. The third-order valence-electron chi connectivity index (χ3n) is 5.29. The Kier molecular flexibility index (Phi) is 6.23. The van der Waals surface area contributed by atoms with Crippen LogP contribution in [0, 0.1) is 13.0 Å². The van der Waals surface area contributed by atoms with Gasteiger partial charge in [-0.1, -0.05) is 54.6 Å². The number of benzene rings is 4. The molecule has 1 radical (unpaired) electrons. The van der Waals surface area contributed by atoms with Gasteiger partial charge in [0.15, 0.2) is 0 Å². The molecule has 3 heteroatoms. The first-order valence-electron chi connectivity index (χ1n) is 10.2. The van der Waals surface area contributed by atoms with E-state index in [9.17, 15) is 0 Å². The minimum atomic E-state index is 0.483. The van der Waals surface area contributed by atoms with E-state index in [1.165, 1.54) is 0 Å². The molecule has 0 heterocycles. The smallest absolute Gasteiger partial charge is 0.135 e. The number of methoxy groups -OCH3 is 2. The topological polar surface area (TPSA) is 27.7 Å². The molecule has 0 aliphatic heterocycles. The van der Waals surface area contributed by atoms with Gasteiger partial charge in [-0.2, -0.15) is 0 Å². The number of hydrogen-bond donors (Lipinski definition) is 0. The van der Waals surface area contributed by atoms with Gasteiger partial charge in [-0.3, -0.25) is 0 Å². The van der Waals surface area contributed by atoms with E-state index in [1.807, 2.05) is 60.7 Å². The molecule has 0 bridgehead atoms. The molecule has 0 fully saturated rings. The van der Waals surface area contributed by atoms with E-state index >= 15 is 0 Å². The molecular weight excluding hydrogens is 384 g/mol. The SMILES string of the molecule is COc1ccc(-c2c[c]c(C)c(-c3ccc(OC)cc3)c2OCc2ccccc2)cc1. The molecule has 155 valence electrons. The maximum absolute atomic E-state index is 6.47. The lowest BCUT2D eigenvalue weighted by Crippen LogP contribution is -2.01. The fourth-order valence-corrected chi connectivity index (χ4v) is 3.59. The quantitative estimate of drug-likeness (QED) is 0.339. The van der Waals surface area contributed by atoms with Crippen LogP contribution in [-0.4, -0.2) is 14.2 Å². The van der Waals surface area contributed by atoms with E-state index < -0.39 is 0 Å². The van der Waals surface area contributed by atoms with Gasteiger partial charge in [0.25, 0.3) is 0 Å². The van der Waals surface area contributed by atoms with Gasteiger partial charge in [-0.25, -0.2) is 0 Å². The molecule has 0 atom stereocenters. The first-order valence-corrected chi connectivity index (χ1v) is 10.2. The molecule has 0 saturated heterocycles. The lowest BCUT2D eigenvalue weighted by Gasteiger charge is -2.19. The zero-order valence-corrected chi connectivity index (χ0v) is 18.0. The second-order valence-corrected chi connectivity index (χ2v) is 7.26. The van der Waals surface area contributed by atoms with Gasteiger partial charge in [0.05, 0.1) is 14.2 Å². The molecule has 4 aromatic rings. The van der Waals surface area contributed by atoms with Crippen LogP contribution in [0.5, 0.6) is 17.2 Å². The molecular formula is C28H25O3. The second kappa shape index (κ2) is 9.40. The van der Waals surface area contributed by atoms with Crippen LogP contribution in [0.1, 0.15) is 11.1 Å². The summed E-state index contributed by atoms with van der Waals surface area (Å²) in [5, 5.41) is 0. The predicted octanol–water partition coefficient (Wildman–Crippen LogP) is 6.73. The summed E-state index contributed by atoms with van der Waals surface area (Å²) in [6, 6.07) is 31.7. The van der Waals surface area contributed by atoms with Gasteiger partial charge in [-0.15, -0.1) is 0 Å². The highest BCUT2D eigenvalue weighted by Crippen LogP contribution is 2.42. The summed E-state index contributed by atoms with van der Waals surface area (Å²) in [6.45, 7) is 2.54. The summed E-state index contributed by atoms with van der Waals surface area (Å²) in [4.78, 5) is 0. The highest BCUT2D eigenvalue weighted by molar-refractivity contribution is 5.84. The summed E-state index contributed by atoms with van der Waals surface area (Å²) in [6.07, 6.45) is 0. The van der Waals surface area contributed by atoms with Gasteiger partial charge in [-0.05, 0) is 65.6 Å². The lowest BCUT2D eigenvalue weighted by atomic mass is 9.93. The van der Waals surface area contributed by atoms with E-state index in [2.05, 4.69) is 37.3 Å². The fraction of sp³-hybridized carbons (Fsp3) is 0.143. The maximum Gasteiger partial charge on any atom is 0.135 e. The minimum Gasteiger partial charge on any atom is -0.497 e. The summed E-state index contributed by atoms with van der Waals surface area (Å²) in [5.41, 5.74) is 6.30. The van der Waals surface area contributed by atoms with Gasteiger partial charge >= 0.3 is 0 Å². The summed E-state index contributed by atoms with van der Waals surface area (Å²) in [5.74, 6) is 2.49. The molecule has 4 aromatic carbocycles. The monoisotopic (exact) mass is 409 g/mol. The van der Waals surface area contributed by atoms with Crippen LogP contribution in [0.15, 0.2) is 84.9 Å². The minimum absolute atomic E-state index is 0.483. The van der Waals surface area contributed by atoms with E-state index in [0.717, 1.165) is 50.6 Å². The van der Waals surface area contributed by atoms with Crippen LogP contribution in [0.3, 0.4) is 0 Å². The molecule has 0 spiro atoms. The average Bonchev–Trinajstić information content (AvgIpc) is 2.83. The van der Waals surface area contributed by atoms with Crippen molar-refractivity contribution in [2.45, 2.75) is 13.5 Å². The third kappa shape index (κ3) is 4.56. The maximum atomic E-state index is 6.47. The van der Waals surface area contributed by atoms with Crippen LogP contribution in [0.2, 0.25) is 0 Å². The Hall–Kier alpha value is -3.72. The molecule has 31 heavy (non-hydrogen) atoms. The van der Waals surface area contributed by atoms with Crippen molar-refractivity contribution in [3.05, 3.63) is 102 Å². The average molecular weight is 410 g/mol. The normalized spacial score (nSPS) is 10.5. The standard InChI is InChI=1S/C28H25O3/c1-20-9-18-26(22-10-14-24(29-2)15-11-22)28(31-19-21-7-5-4-6-8-21)27(20)23-12-16-25(30-3)17-13-23/h4-8,10-18H,19H2,1-3H3. The molecule has 3 nitrogen and oxygen atoms in total. The Labute approximate surface area is 183 Å². The number of hydrogen-bond acceptors (Lipinski definition) is 3. The van der Waals surface area contributed by atoms with E-state index in [0.29, 0.717) is 6.61 Å². The first-order chi connectivity index (χ1) is 15.2. The molecule has 0 unspecified atom stereocenters.